The first kappa shape index (κ1) is 17.4. The number of rotatable bonds is 10. The maximum atomic E-state index is 11.6. The zero-order valence-electron chi connectivity index (χ0n) is 12.5. The molecule has 1 atom stereocenters. The van der Waals surface area contributed by atoms with Crippen LogP contribution in [-0.2, 0) is 4.79 Å². The lowest BCUT2D eigenvalue weighted by Gasteiger charge is -2.21. The summed E-state index contributed by atoms with van der Waals surface area (Å²) in [4.78, 5) is 14.1. The van der Waals surface area contributed by atoms with Crippen molar-refractivity contribution in [3.8, 4) is 0 Å². The van der Waals surface area contributed by atoms with Crippen LogP contribution in [0.1, 0.15) is 47.0 Å². The number of nitrogens with two attached hydrogens (primary N) is 1. The summed E-state index contributed by atoms with van der Waals surface area (Å²) in [6.45, 7) is 12.4. The lowest BCUT2D eigenvalue weighted by molar-refractivity contribution is -0.123. The van der Waals surface area contributed by atoms with Crippen LogP contribution >= 0.6 is 0 Å². The highest BCUT2D eigenvalue weighted by Crippen LogP contribution is 1.98. The van der Waals surface area contributed by atoms with Crippen molar-refractivity contribution in [3.63, 3.8) is 0 Å². The van der Waals surface area contributed by atoms with Crippen LogP contribution < -0.4 is 11.1 Å². The molecule has 4 nitrogen and oxygen atoms in total. The van der Waals surface area contributed by atoms with E-state index in [0.717, 1.165) is 32.6 Å². The summed E-state index contributed by atoms with van der Waals surface area (Å²) >= 11 is 0. The van der Waals surface area contributed by atoms with E-state index in [1.54, 1.807) is 0 Å². The van der Waals surface area contributed by atoms with Crippen molar-refractivity contribution >= 4 is 5.91 Å². The highest BCUT2D eigenvalue weighted by atomic mass is 16.2. The van der Waals surface area contributed by atoms with Crippen molar-refractivity contribution in [2.24, 2.45) is 11.7 Å². The summed E-state index contributed by atoms with van der Waals surface area (Å²) < 4.78 is 0. The van der Waals surface area contributed by atoms with Gasteiger partial charge in [-0.1, -0.05) is 27.7 Å². The number of hydrogen-bond donors (Lipinski definition) is 2. The molecule has 0 aliphatic carbocycles. The zero-order valence-corrected chi connectivity index (χ0v) is 12.5. The Labute approximate surface area is 112 Å². The predicted octanol–water partition coefficient (Wildman–Crippen LogP) is 1.60. The van der Waals surface area contributed by atoms with Gasteiger partial charge in [0, 0.05) is 6.54 Å². The SMILES string of the molecule is CCCN(CCC)CCCNC(=O)[C@@H](N)C(C)C. The van der Waals surface area contributed by atoms with Crippen LogP contribution in [0, 0.1) is 5.92 Å². The minimum Gasteiger partial charge on any atom is -0.355 e. The Bertz CT molecular complexity index is 213. The molecule has 0 fully saturated rings. The molecule has 0 aromatic rings. The van der Waals surface area contributed by atoms with Crippen molar-refractivity contribution in [1.82, 2.24) is 10.2 Å². The first-order chi connectivity index (χ1) is 8.52. The van der Waals surface area contributed by atoms with Gasteiger partial charge >= 0.3 is 0 Å². The molecule has 0 saturated heterocycles. The van der Waals surface area contributed by atoms with Gasteiger partial charge in [-0.3, -0.25) is 4.79 Å². The summed E-state index contributed by atoms with van der Waals surface area (Å²) in [5, 5.41) is 2.91. The monoisotopic (exact) mass is 257 g/mol. The van der Waals surface area contributed by atoms with Crippen LogP contribution in [0.4, 0.5) is 0 Å². The number of amides is 1. The van der Waals surface area contributed by atoms with Crippen molar-refractivity contribution in [2.45, 2.75) is 53.0 Å². The van der Waals surface area contributed by atoms with E-state index in [-0.39, 0.29) is 17.9 Å². The van der Waals surface area contributed by atoms with Crippen LogP contribution in [0.2, 0.25) is 0 Å². The Morgan fingerprint density at radius 1 is 1.17 bits per heavy atom. The molecule has 4 heteroatoms. The van der Waals surface area contributed by atoms with Gasteiger partial charge in [-0.25, -0.2) is 0 Å². The van der Waals surface area contributed by atoms with Gasteiger partial charge in [0.15, 0.2) is 0 Å². The standard InChI is InChI=1S/C14H31N3O/c1-5-9-17(10-6-2)11-7-8-16-14(18)13(15)12(3)4/h12-13H,5-11,15H2,1-4H3,(H,16,18)/t13-/m0/s1. The average molecular weight is 257 g/mol. The third kappa shape index (κ3) is 7.67. The van der Waals surface area contributed by atoms with Crippen molar-refractivity contribution in [1.29, 1.82) is 0 Å². The zero-order chi connectivity index (χ0) is 14.0. The van der Waals surface area contributed by atoms with E-state index in [4.69, 9.17) is 5.73 Å². The lowest BCUT2D eigenvalue weighted by Crippen LogP contribution is -2.44. The normalized spacial score (nSPS) is 13.1. The molecule has 0 heterocycles. The Morgan fingerprint density at radius 2 is 1.72 bits per heavy atom. The summed E-state index contributed by atoms with van der Waals surface area (Å²) in [5.41, 5.74) is 5.77. The van der Waals surface area contributed by atoms with Gasteiger partial charge in [0.25, 0.3) is 0 Å². The maximum Gasteiger partial charge on any atom is 0.237 e. The van der Waals surface area contributed by atoms with E-state index in [1.165, 1.54) is 12.8 Å². The molecule has 0 aromatic heterocycles. The molecule has 108 valence electrons. The molecule has 0 spiro atoms. The largest absolute Gasteiger partial charge is 0.355 e. The second-order valence-corrected chi connectivity index (χ2v) is 5.26. The predicted molar refractivity (Wildman–Crippen MR) is 77.5 cm³/mol. The van der Waals surface area contributed by atoms with Gasteiger partial charge in [0.2, 0.25) is 5.91 Å². The van der Waals surface area contributed by atoms with Gasteiger partial charge < -0.3 is 16.0 Å². The first-order valence-electron chi connectivity index (χ1n) is 7.28. The molecule has 0 radical (unpaired) electrons. The molecular formula is C14H31N3O. The minimum absolute atomic E-state index is 0.0254. The van der Waals surface area contributed by atoms with E-state index in [1.807, 2.05) is 13.8 Å². The summed E-state index contributed by atoms with van der Waals surface area (Å²) in [6, 6.07) is -0.382. The van der Waals surface area contributed by atoms with Crippen molar-refractivity contribution < 1.29 is 4.79 Å². The number of nitrogens with one attached hydrogen (secondary N) is 1. The molecule has 0 aliphatic rings. The molecule has 0 bridgehead atoms. The second kappa shape index (κ2) is 10.3. The topological polar surface area (TPSA) is 58.4 Å². The Hall–Kier alpha value is -0.610. The quantitative estimate of drug-likeness (QED) is 0.584. The highest BCUT2D eigenvalue weighted by molar-refractivity contribution is 5.81. The van der Waals surface area contributed by atoms with Gasteiger partial charge in [0.1, 0.15) is 0 Å². The fraction of sp³-hybridized carbons (Fsp3) is 0.929. The molecule has 0 unspecified atom stereocenters. The van der Waals surface area contributed by atoms with Crippen LogP contribution in [0.3, 0.4) is 0 Å². The van der Waals surface area contributed by atoms with Crippen molar-refractivity contribution in [2.75, 3.05) is 26.2 Å². The van der Waals surface area contributed by atoms with E-state index in [2.05, 4.69) is 24.1 Å². The van der Waals surface area contributed by atoms with Crippen molar-refractivity contribution in [3.05, 3.63) is 0 Å². The second-order valence-electron chi connectivity index (χ2n) is 5.26. The fourth-order valence-electron chi connectivity index (χ4n) is 1.90. The molecule has 0 aromatic carbocycles. The number of carbonyl (C=O) groups excluding carboxylic acids is 1. The van der Waals surface area contributed by atoms with E-state index in [0.29, 0.717) is 0 Å². The van der Waals surface area contributed by atoms with Crippen LogP contribution in [0.15, 0.2) is 0 Å². The molecule has 18 heavy (non-hydrogen) atoms. The van der Waals surface area contributed by atoms with Gasteiger partial charge in [0.05, 0.1) is 6.04 Å². The fourth-order valence-corrected chi connectivity index (χ4v) is 1.90. The molecule has 0 rings (SSSR count). The number of carbonyl (C=O) groups is 1. The third-order valence-corrected chi connectivity index (χ3v) is 3.05. The van der Waals surface area contributed by atoms with Crippen LogP contribution in [-0.4, -0.2) is 43.0 Å². The van der Waals surface area contributed by atoms with Gasteiger partial charge in [-0.2, -0.15) is 0 Å². The Balaban J connectivity index is 3.73. The highest BCUT2D eigenvalue weighted by Gasteiger charge is 2.16. The van der Waals surface area contributed by atoms with E-state index >= 15 is 0 Å². The average Bonchev–Trinajstić information content (AvgIpc) is 2.33. The molecule has 0 saturated carbocycles. The Morgan fingerprint density at radius 3 is 2.17 bits per heavy atom. The molecule has 1 amide bonds. The van der Waals surface area contributed by atoms with E-state index < -0.39 is 0 Å². The van der Waals surface area contributed by atoms with Crippen LogP contribution in [0.25, 0.3) is 0 Å². The first-order valence-corrected chi connectivity index (χ1v) is 7.28. The minimum atomic E-state index is -0.382. The molecular weight excluding hydrogens is 226 g/mol. The smallest absolute Gasteiger partial charge is 0.237 e. The Kier molecular flexibility index (Phi) is 9.98. The third-order valence-electron chi connectivity index (χ3n) is 3.05. The number of hydrogen-bond acceptors (Lipinski definition) is 3. The number of nitrogens with zero attached hydrogens (tertiary/aromatic N) is 1. The van der Waals surface area contributed by atoms with Crippen LogP contribution in [0.5, 0.6) is 0 Å². The van der Waals surface area contributed by atoms with Gasteiger partial charge in [-0.15, -0.1) is 0 Å². The van der Waals surface area contributed by atoms with E-state index in [9.17, 15) is 4.79 Å². The molecule has 3 N–H and O–H groups in total. The summed E-state index contributed by atoms with van der Waals surface area (Å²) in [7, 11) is 0. The summed E-state index contributed by atoms with van der Waals surface area (Å²) in [5.74, 6) is 0.171. The van der Waals surface area contributed by atoms with Gasteiger partial charge in [-0.05, 0) is 44.8 Å². The summed E-state index contributed by atoms with van der Waals surface area (Å²) in [6.07, 6.45) is 3.37. The maximum absolute atomic E-state index is 11.6. The lowest BCUT2D eigenvalue weighted by atomic mass is 10.1. The molecule has 0 aliphatic heterocycles.